The molecule has 2 amide bonds. The van der Waals surface area contributed by atoms with Crippen molar-refractivity contribution >= 4 is 34.7 Å². The third-order valence-electron chi connectivity index (χ3n) is 5.97. The predicted molar refractivity (Wildman–Crippen MR) is 126 cm³/mol. The van der Waals surface area contributed by atoms with Crippen LogP contribution in [0.3, 0.4) is 0 Å². The minimum atomic E-state index is -0.258. The average Bonchev–Trinajstić information content (AvgIpc) is 3.20. The van der Waals surface area contributed by atoms with Crippen LogP contribution in [0.4, 0.5) is 17.2 Å². The number of fused-ring (bicyclic) bond motifs is 2. The van der Waals surface area contributed by atoms with Crippen LogP contribution in [0, 0.1) is 6.92 Å². The fourth-order valence-electron chi connectivity index (χ4n) is 4.29. The zero-order valence-electron chi connectivity index (χ0n) is 18.0. The molecule has 0 saturated heterocycles. The van der Waals surface area contributed by atoms with E-state index in [4.69, 9.17) is 4.99 Å². The molecule has 0 saturated carbocycles. The Morgan fingerprint density at radius 1 is 1.06 bits per heavy atom. The number of aryl methyl sites for hydroxylation is 3. The molecule has 1 aliphatic heterocycles. The van der Waals surface area contributed by atoms with Crippen molar-refractivity contribution in [3.8, 4) is 0 Å². The molecule has 160 valence electrons. The van der Waals surface area contributed by atoms with E-state index in [9.17, 15) is 9.59 Å². The molecule has 2 heterocycles. The van der Waals surface area contributed by atoms with Gasteiger partial charge in [0, 0.05) is 11.9 Å². The Kier molecular flexibility index (Phi) is 5.27. The topological polar surface area (TPSA) is 74.7 Å². The number of hydrogen-bond acceptors (Lipinski definition) is 4. The largest absolute Gasteiger partial charge is 0.325 e. The molecule has 5 rings (SSSR count). The molecule has 6 nitrogen and oxygen atoms in total. The van der Waals surface area contributed by atoms with Gasteiger partial charge in [0.2, 0.25) is 11.8 Å². The van der Waals surface area contributed by atoms with Crippen LogP contribution < -0.4 is 10.2 Å². The number of aliphatic imine (C=N–C) groups is 1. The fraction of sp³-hybridized carbons (Fsp3) is 0.231. The molecule has 0 spiro atoms. The van der Waals surface area contributed by atoms with Crippen LogP contribution in [0.1, 0.15) is 35.1 Å². The van der Waals surface area contributed by atoms with E-state index >= 15 is 0 Å². The van der Waals surface area contributed by atoms with Crippen molar-refractivity contribution in [3.63, 3.8) is 0 Å². The van der Waals surface area contributed by atoms with Gasteiger partial charge in [-0.15, -0.1) is 0 Å². The maximum atomic E-state index is 13.2. The van der Waals surface area contributed by atoms with Gasteiger partial charge in [-0.3, -0.25) is 14.5 Å². The van der Waals surface area contributed by atoms with Crippen molar-refractivity contribution in [1.29, 1.82) is 0 Å². The van der Waals surface area contributed by atoms with Crippen molar-refractivity contribution in [2.45, 2.75) is 32.6 Å². The quantitative estimate of drug-likeness (QED) is 0.676. The Morgan fingerprint density at radius 2 is 1.88 bits per heavy atom. The van der Waals surface area contributed by atoms with Crippen molar-refractivity contribution in [3.05, 3.63) is 83.0 Å². The van der Waals surface area contributed by atoms with Crippen LogP contribution in [0.2, 0.25) is 0 Å². The summed E-state index contributed by atoms with van der Waals surface area (Å²) in [6, 6.07) is 17.6. The first kappa shape index (κ1) is 20.1. The molecule has 3 aromatic rings. The van der Waals surface area contributed by atoms with Crippen LogP contribution in [0.25, 0.3) is 0 Å². The minimum absolute atomic E-state index is 0.103. The normalized spacial score (nSPS) is 15.0. The molecule has 1 N–H and O–H groups in total. The first-order valence-electron chi connectivity index (χ1n) is 10.9. The second-order valence-electron chi connectivity index (χ2n) is 8.31. The standard InChI is InChI=1S/C26H24N4O2/c1-17-7-9-19(10-8-17)23-15-25(32)30(26-22(29-23)6-3-13-27-26)16-24(31)28-21-12-11-18-4-2-5-20(18)14-21/h3,6-14H,2,4-5,15-16H2,1H3,(H,28,31). The maximum absolute atomic E-state index is 13.2. The summed E-state index contributed by atoms with van der Waals surface area (Å²) in [5.74, 6) is -0.0544. The van der Waals surface area contributed by atoms with Gasteiger partial charge in [0.15, 0.2) is 5.82 Å². The Morgan fingerprint density at radius 3 is 2.72 bits per heavy atom. The van der Waals surface area contributed by atoms with Crippen LogP contribution in [0.5, 0.6) is 0 Å². The third kappa shape index (κ3) is 4.04. The lowest BCUT2D eigenvalue weighted by atomic mass is 10.1. The van der Waals surface area contributed by atoms with E-state index in [-0.39, 0.29) is 24.8 Å². The monoisotopic (exact) mass is 424 g/mol. The maximum Gasteiger partial charge on any atom is 0.244 e. The molecule has 0 radical (unpaired) electrons. The summed E-state index contributed by atoms with van der Waals surface area (Å²) in [5, 5.41) is 2.94. The van der Waals surface area contributed by atoms with E-state index < -0.39 is 0 Å². The van der Waals surface area contributed by atoms with Gasteiger partial charge in [-0.2, -0.15) is 0 Å². The van der Waals surface area contributed by atoms with E-state index in [1.807, 2.05) is 49.4 Å². The Labute approximate surface area is 187 Å². The van der Waals surface area contributed by atoms with Gasteiger partial charge in [0.05, 0.1) is 12.1 Å². The average molecular weight is 425 g/mol. The van der Waals surface area contributed by atoms with Gasteiger partial charge in [0.1, 0.15) is 12.2 Å². The first-order valence-corrected chi connectivity index (χ1v) is 10.9. The van der Waals surface area contributed by atoms with Crippen molar-refractivity contribution in [2.75, 3.05) is 16.8 Å². The van der Waals surface area contributed by atoms with Gasteiger partial charge >= 0.3 is 0 Å². The zero-order valence-corrected chi connectivity index (χ0v) is 18.0. The summed E-state index contributed by atoms with van der Waals surface area (Å²) in [5.41, 5.74) is 6.69. The molecule has 1 aliphatic carbocycles. The van der Waals surface area contributed by atoms with Gasteiger partial charge in [0.25, 0.3) is 0 Å². The zero-order chi connectivity index (χ0) is 22.1. The lowest BCUT2D eigenvalue weighted by Gasteiger charge is -2.20. The lowest BCUT2D eigenvalue weighted by Crippen LogP contribution is -2.39. The Balaban J connectivity index is 1.38. The highest BCUT2D eigenvalue weighted by molar-refractivity contribution is 6.18. The second-order valence-corrected chi connectivity index (χ2v) is 8.31. The predicted octanol–water partition coefficient (Wildman–Crippen LogP) is 4.37. The van der Waals surface area contributed by atoms with Gasteiger partial charge in [-0.05, 0) is 67.1 Å². The molecule has 0 atom stereocenters. The minimum Gasteiger partial charge on any atom is -0.325 e. The van der Waals surface area contributed by atoms with Crippen LogP contribution in [-0.2, 0) is 22.4 Å². The molecule has 2 aliphatic rings. The van der Waals surface area contributed by atoms with Gasteiger partial charge in [-0.1, -0.05) is 35.9 Å². The molecular weight excluding hydrogens is 400 g/mol. The number of aromatic nitrogens is 1. The summed E-state index contributed by atoms with van der Waals surface area (Å²) in [6.45, 7) is 1.90. The number of amides is 2. The summed E-state index contributed by atoms with van der Waals surface area (Å²) in [4.78, 5) is 36.6. The smallest absolute Gasteiger partial charge is 0.244 e. The molecule has 6 heteroatoms. The number of nitrogens with zero attached hydrogens (tertiary/aromatic N) is 3. The van der Waals surface area contributed by atoms with Crippen LogP contribution >= 0.6 is 0 Å². The number of nitrogens with one attached hydrogen (secondary N) is 1. The molecular formula is C26H24N4O2. The molecule has 0 bridgehead atoms. The van der Waals surface area contributed by atoms with E-state index in [1.165, 1.54) is 16.0 Å². The third-order valence-corrected chi connectivity index (χ3v) is 5.97. The highest BCUT2D eigenvalue weighted by Gasteiger charge is 2.28. The van der Waals surface area contributed by atoms with Crippen LogP contribution in [0.15, 0.2) is 65.8 Å². The van der Waals surface area contributed by atoms with E-state index in [2.05, 4.69) is 16.4 Å². The number of carbonyl (C=O) groups is 2. The van der Waals surface area contributed by atoms with E-state index in [0.29, 0.717) is 17.2 Å². The van der Waals surface area contributed by atoms with Crippen molar-refractivity contribution < 1.29 is 9.59 Å². The lowest BCUT2D eigenvalue weighted by molar-refractivity contribution is -0.120. The fourth-order valence-corrected chi connectivity index (χ4v) is 4.29. The van der Waals surface area contributed by atoms with Gasteiger partial charge < -0.3 is 5.32 Å². The Hall–Kier alpha value is -3.80. The number of carbonyl (C=O) groups excluding carboxylic acids is 2. The Bertz CT molecular complexity index is 1230. The molecule has 0 fully saturated rings. The summed E-state index contributed by atoms with van der Waals surface area (Å²) in [7, 11) is 0. The summed E-state index contributed by atoms with van der Waals surface area (Å²) in [6.07, 6.45) is 5.01. The number of benzene rings is 2. The highest BCUT2D eigenvalue weighted by Crippen LogP contribution is 2.31. The first-order chi connectivity index (χ1) is 15.6. The molecule has 1 aromatic heterocycles. The van der Waals surface area contributed by atoms with E-state index in [0.717, 1.165) is 36.1 Å². The van der Waals surface area contributed by atoms with Gasteiger partial charge in [-0.25, -0.2) is 9.98 Å². The van der Waals surface area contributed by atoms with E-state index in [1.54, 1.807) is 12.3 Å². The van der Waals surface area contributed by atoms with Crippen molar-refractivity contribution in [2.24, 2.45) is 4.99 Å². The molecule has 2 aromatic carbocycles. The van der Waals surface area contributed by atoms with Crippen molar-refractivity contribution in [1.82, 2.24) is 4.98 Å². The number of pyridine rings is 1. The molecule has 0 unspecified atom stereocenters. The highest BCUT2D eigenvalue weighted by atomic mass is 16.2. The summed E-state index contributed by atoms with van der Waals surface area (Å²) < 4.78 is 0. The second kappa shape index (κ2) is 8.38. The van der Waals surface area contributed by atoms with Crippen LogP contribution in [-0.4, -0.2) is 29.1 Å². The number of hydrogen-bond donors (Lipinski definition) is 1. The number of anilines is 2. The summed E-state index contributed by atoms with van der Waals surface area (Å²) >= 11 is 0. The molecule has 32 heavy (non-hydrogen) atoms. The number of rotatable bonds is 4. The SMILES string of the molecule is Cc1ccc(C2=Nc3cccnc3N(CC(=O)Nc3ccc4c(c3)CCC4)C(=O)C2)cc1.